The third-order valence-corrected chi connectivity index (χ3v) is 6.09. The predicted molar refractivity (Wildman–Crippen MR) is 88.2 cm³/mol. The molecular formula is C16H24N2O3S. The smallest absolute Gasteiger partial charge is 0.227 e. The number of hydrogen-bond acceptors (Lipinski definition) is 4. The number of amides is 1. The van der Waals surface area contributed by atoms with Crippen LogP contribution in [0.25, 0.3) is 0 Å². The summed E-state index contributed by atoms with van der Waals surface area (Å²) in [6.07, 6.45) is 4.81. The van der Waals surface area contributed by atoms with Gasteiger partial charge in [0.25, 0.3) is 0 Å². The fraction of sp³-hybridized carbons (Fsp3) is 0.562. The Morgan fingerprint density at radius 2 is 1.82 bits per heavy atom. The van der Waals surface area contributed by atoms with Crippen LogP contribution in [0.5, 0.6) is 0 Å². The fourth-order valence-corrected chi connectivity index (χ4v) is 4.62. The predicted octanol–water partition coefficient (Wildman–Crippen LogP) is 1.63. The Morgan fingerprint density at radius 1 is 1.23 bits per heavy atom. The van der Waals surface area contributed by atoms with E-state index < -0.39 is 15.1 Å². The Kier molecular flexibility index (Phi) is 5.11. The van der Waals surface area contributed by atoms with E-state index in [1.54, 1.807) is 24.1 Å². The Bertz CT molecular complexity index is 625. The van der Waals surface area contributed by atoms with Gasteiger partial charge in [0.2, 0.25) is 5.91 Å². The number of carbonyl (C=O) groups is 1. The van der Waals surface area contributed by atoms with Gasteiger partial charge >= 0.3 is 0 Å². The number of likely N-dealkylation sites (N-methyl/N-ethyl adjacent to an activating group) is 1. The monoisotopic (exact) mass is 324 g/mol. The maximum absolute atomic E-state index is 12.5. The zero-order valence-corrected chi connectivity index (χ0v) is 14.0. The number of rotatable bonds is 4. The number of benzene rings is 1. The first-order valence-corrected chi connectivity index (χ1v) is 9.53. The van der Waals surface area contributed by atoms with Crippen LogP contribution in [0.3, 0.4) is 0 Å². The first kappa shape index (κ1) is 16.8. The molecule has 5 nitrogen and oxygen atoms in total. The van der Waals surface area contributed by atoms with Gasteiger partial charge in [-0.15, -0.1) is 0 Å². The molecule has 2 atom stereocenters. The molecule has 0 radical (unpaired) electrons. The van der Waals surface area contributed by atoms with Crippen LogP contribution in [0.15, 0.2) is 24.3 Å². The minimum absolute atomic E-state index is 0.0506. The lowest BCUT2D eigenvalue weighted by Crippen LogP contribution is -2.49. The van der Waals surface area contributed by atoms with Gasteiger partial charge in [-0.2, -0.15) is 0 Å². The second kappa shape index (κ2) is 6.69. The maximum Gasteiger partial charge on any atom is 0.227 e. The van der Waals surface area contributed by atoms with Crippen molar-refractivity contribution in [1.29, 1.82) is 0 Å². The summed E-state index contributed by atoms with van der Waals surface area (Å²) in [7, 11) is -1.43. The van der Waals surface area contributed by atoms with Gasteiger partial charge in [0, 0.05) is 25.0 Å². The van der Waals surface area contributed by atoms with Gasteiger partial charge < -0.3 is 10.6 Å². The quantitative estimate of drug-likeness (QED) is 0.854. The molecule has 0 bridgehead atoms. The Morgan fingerprint density at radius 3 is 2.41 bits per heavy atom. The third kappa shape index (κ3) is 4.00. The molecule has 1 fully saturated rings. The Labute approximate surface area is 132 Å². The maximum atomic E-state index is 12.5. The molecule has 0 aliphatic heterocycles. The topological polar surface area (TPSA) is 80.5 Å². The molecule has 1 aliphatic carbocycles. The number of anilines is 1. The molecular weight excluding hydrogens is 300 g/mol. The zero-order valence-electron chi connectivity index (χ0n) is 13.2. The minimum Gasteiger partial charge on any atom is -0.399 e. The summed E-state index contributed by atoms with van der Waals surface area (Å²) in [4.78, 5) is 14.1. The molecule has 2 rings (SSSR count). The summed E-state index contributed by atoms with van der Waals surface area (Å²) in [6, 6.07) is 6.97. The molecule has 2 N–H and O–H groups in total. The normalized spacial score (nSPS) is 22.3. The second-order valence-electron chi connectivity index (χ2n) is 6.14. The summed E-state index contributed by atoms with van der Waals surface area (Å²) in [5, 5.41) is -0.443. The van der Waals surface area contributed by atoms with E-state index in [4.69, 9.17) is 5.73 Å². The van der Waals surface area contributed by atoms with Gasteiger partial charge in [0.1, 0.15) is 0 Å². The van der Waals surface area contributed by atoms with E-state index in [0.29, 0.717) is 12.1 Å². The van der Waals surface area contributed by atoms with Gasteiger partial charge in [0.15, 0.2) is 9.84 Å². The summed E-state index contributed by atoms with van der Waals surface area (Å²) in [5.74, 6) is -0.0506. The molecule has 2 unspecified atom stereocenters. The average Bonchev–Trinajstić information content (AvgIpc) is 2.48. The second-order valence-corrected chi connectivity index (χ2v) is 8.41. The lowest BCUT2D eigenvalue weighted by atomic mass is 9.93. The van der Waals surface area contributed by atoms with E-state index in [0.717, 1.165) is 24.8 Å². The molecule has 0 saturated heterocycles. The highest BCUT2D eigenvalue weighted by Gasteiger charge is 2.36. The highest BCUT2D eigenvalue weighted by atomic mass is 32.2. The average molecular weight is 324 g/mol. The number of nitrogens with zero attached hydrogens (tertiary/aromatic N) is 1. The summed E-state index contributed by atoms with van der Waals surface area (Å²) in [5.41, 5.74) is 7.19. The van der Waals surface area contributed by atoms with Crippen molar-refractivity contribution in [3.05, 3.63) is 29.8 Å². The number of nitrogens with two attached hydrogens (primary N) is 1. The summed E-state index contributed by atoms with van der Waals surface area (Å²) < 4.78 is 23.9. The fourth-order valence-electron chi connectivity index (χ4n) is 3.14. The molecule has 0 aromatic heterocycles. The zero-order chi connectivity index (χ0) is 16.3. The van der Waals surface area contributed by atoms with E-state index in [2.05, 4.69) is 0 Å². The van der Waals surface area contributed by atoms with Crippen molar-refractivity contribution in [3.63, 3.8) is 0 Å². The van der Waals surface area contributed by atoms with E-state index in [9.17, 15) is 13.2 Å². The molecule has 22 heavy (non-hydrogen) atoms. The van der Waals surface area contributed by atoms with Crippen molar-refractivity contribution < 1.29 is 13.2 Å². The van der Waals surface area contributed by atoms with Crippen LogP contribution in [0.1, 0.15) is 31.2 Å². The molecule has 0 heterocycles. The number of carbonyl (C=O) groups excluding carboxylic acids is 1. The van der Waals surface area contributed by atoms with E-state index in [-0.39, 0.29) is 18.4 Å². The van der Waals surface area contributed by atoms with Crippen molar-refractivity contribution in [2.75, 3.05) is 19.0 Å². The van der Waals surface area contributed by atoms with Crippen molar-refractivity contribution in [2.45, 2.75) is 43.4 Å². The molecule has 0 spiro atoms. The SMILES string of the molecule is CN(C(=O)Cc1ccc(N)cc1)C1CCCCC1S(C)(=O)=O. The summed E-state index contributed by atoms with van der Waals surface area (Å²) in [6.45, 7) is 0. The van der Waals surface area contributed by atoms with Crippen LogP contribution < -0.4 is 5.73 Å². The van der Waals surface area contributed by atoms with Crippen molar-refractivity contribution in [3.8, 4) is 0 Å². The third-order valence-electron chi connectivity index (χ3n) is 4.44. The highest BCUT2D eigenvalue weighted by molar-refractivity contribution is 7.91. The highest BCUT2D eigenvalue weighted by Crippen LogP contribution is 2.27. The number of sulfone groups is 1. The van der Waals surface area contributed by atoms with E-state index >= 15 is 0 Å². The van der Waals surface area contributed by atoms with Gasteiger partial charge in [-0.3, -0.25) is 4.79 Å². The van der Waals surface area contributed by atoms with E-state index in [1.807, 2.05) is 12.1 Å². The molecule has 6 heteroatoms. The Hall–Kier alpha value is -1.56. The van der Waals surface area contributed by atoms with Gasteiger partial charge in [0.05, 0.1) is 11.7 Å². The van der Waals surface area contributed by atoms with Crippen molar-refractivity contribution in [1.82, 2.24) is 4.90 Å². The van der Waals surface area contributed by atoms with Crippen LogP contribution in [0, 0.1) is 0 Å². The van der Waals surface area contributed by atoms with Gasteiger partial charge in [-0.1, -0.05) is 25.0 Å². The molecule has 1 aromatic carbocycles. The van der Waals surface area contributed by atoms with Crippen LogP contribution in [0.2, 0.25) is 0 Å². The molecule has 1 saturated carbocycles. The van der Waals surface area contributed by atoms with Crippen LogP contribution >= 0.6 is 0 Å². The lowest BCUT2D eigenvalue weighted by molar-refractivity contribution is -0.131. The molecule has 1 amide bonds. The van der Waals surface area contributed by atoms with E-state index in [1.165, 1.54) is 6.26 Å². The van der Waals surface area contributed by atoms with Crippen molar-refractivity contribution >= 4 is 21.4 Å². The van der Waals surface area contributed by atoms with Crippen LogP contribution in [-0.4, -0.2) is 43.8 Å². The van der Waals surface area contributed by atoms with Crippen LogP contribution in [-0.2, 0) is 21.1 Å². The number of hydrogen-bond donors (Lipinski definition) is 1. The molecule has 1 aliphatic rings. The van der Waals surface area contributed by atoms with Crippen molar-refractivity contribution in [2.24, 2.45) is 0 Å². The summed E-state index contributed by atoms with van der Waals surface area (Å²) >= 11 is 0. The largest absolute Gasteiger partial charge is 0.399 e. The standard InChI is InChI=1S/C16H24N2O3S/c1-18(14-5-3-4-6-15(14)22(2,20)21)16(19)11-12-7-9-13(17)10-8-12/h7-10,14-15H,3-6,11,17H2,1-2H3. The van der Waals surface area contributed by atoms with Gasteiger partial charge in [-0.25, -0.2) is 8.42 Å². The lowest BCUT2D eigenvalue weighted by Gasteiger charge is -2.37. The van der Waals surface area contributed by atoms with Crippen LogP contribution in [0.4, 0.5) is 5.69 Å². The molecule has 1 aromatic rings. The molecule has 122 valence electrons. The Balaban J connectivity index is 2.09. The number of nitrogen functional groups attached to an aromatic ring is 1. The first-order valence-electron chi connectivity index (χ1n) is 7.58. The minimum atomic E-state index is -3.14. The first-order chi connectivity index (χ1) is 10.3. The van der Waals surface area contributed by atoms with Gasteiger partial charge in [-0.05, 0) is 30.5 Å².